The third kappa shape index (κ3) is 3.32. The van der Waals surface area contributed by atoms with E-state index in [1.54, 1.807) is 25.3 Å². The van der Waals surface area contributed by atoms with Gasteiger partial charge in [-0.25, -0.2) is 0 Å². The average molecular weight is 294 g/mol. The molecule has 1 saturated heterocycles. The predicted molar refractivity (Wildman–Crippen MR) is 74.0 cm³/mol. The van der Waals surface area contributed by atoms with Crippen LogP contribution in [0, 0.1) is 0 Å². The summed E-state index contributed by atoms with van der Waals surface area (Å²) < 4.78 is 15.3. The van der Waals surface area contributed by atoms with Crippen molar-refractivity contribution in [2.75, 3.05) is 34.0 Å². The summed E-state index contributed by atoms with van der Waals surface area (Å²) in [6.45, 7) is -0.133. The Bertz CT molecular complexity index is 530. The maximum absolute atomic E-state index is 11.7. The molecule has 1 aliphatic rings. The van der Waals surface area contributed by atoms with Crippen LogP contribution in [-0.4, -0.2) is 50.7 Å². The van der Waals surface area contributed by atoms with Crippen LogP contribution < -0.4 is 15.2 Å². The highest BCUT2D eigenvalue weighted by atomic mass is 16.5. The van der Waals surface area contributed by atoms with E-state index in [9.17, 15) is 9.59 Å². The van der Waals surface area contributed by atoms with Gasteiger partial charge in [0.2, 0.25) is 0 Å². The summed E-state index contributed by atoms with van der Waals surface area (Å²) in [5, 5.41) is 0. The van der Waals surface area contributed by atoms with Crippen molar-refractivity contribution in [2.45, 2.75) is 6.04 Å². The molecule has 1 aliphatic heterocycles. The van der Waals surface area contributed by atoms with E-state index in [1.807, 2.05) is 0 Å². The van der Waals surface area contributed by atoms with E-state index < -0.39 is 6.04 Å². The minimum Gasteiger partial charge on any atom is -0.497 e. The fourth-order valence-corrected chi connectivity index (χ4v) is 2.15. The molecule has 2 N–H and O–H groups in total. The molecule has 1 fully saturated rings. The third-order valence-electron chi connectivity index (χ3n) is 3.27. The van der Waals surface area contributed by atoms with Crippen LogP contribution in [0.1, 0.15) is 11.6 Å². The smallest absolute Gasteiger partial charge is 0.255 e. The molecule has 0 saturated carbocycles. The summed E-state index contributed by atoms with van der Waals surface area (Å²) >= 11 is 0. The fourth-order valence-electron chi connectivity index (χ4n) is 2.15. The van der Waals surface area contributed by atoms with E-state index in [4.69, 9.17) is 19.9 Å². The first kappa shape index (κ1) is 15.3. The van der Waals surface area contributed by atoms with Gasteiger partial charge >= 0.3 is 0 Å². The molecule has 21 heavy (non-hydrogen) atoms. The molecule has 0 aromatic heterocycles. The van der Waals surface area contributed by atoms with Crippen LogP contribution in [0.5, 0.6) is 11.5 Å². The Balaban J connectivity index is 2.20. The van der Waals surface area contributed by atoms with Crippen LogP contribution in [0.15, 0.2) is 18.2 Å². The van der Waals surface area contributed by atoms with Crippen molar-refractivity contribution in [1.82, 2.24) is 4.90 Å². The largest absolute Gasteiger partial charge is 0.497 e. The normalized spacial score (nSPS) is 16.8. The predicted octanol–water partition coefficient (Wildman–Crippen LogP) is 0.0890. The number of hydrogen-bond acceptors (Lipinski definition) is 6. The lowest BCUT2D eigenvalue weighted by molar-refractivity contribution is -0.158. The quantitative estimate of drug-likeness (QED) is 0.774. The number of benzene rings is 1. The Kier molecular flexibility index (Phi) is 4.77. The average Bonchev–Trinajstić information content (AvgIpc) is 2.50. The topological polar surface area (TPSA) is 91.1 Å². The van der Waals surface area contributed by atoms with Gasteiger partial charge in [-0.1, -0.05) is 0 Å². The van der Waals surface area contributed by atoms with Crippen molar-refractivity contribution in [3.05, 3.63) is 23.8 Å². The van der Waals surface area contributed by atoms with Crippen molar-refractivity contribution >= 4 is 11.8 Å². The highest BCUT2D eigenvalue weighted by Gasteiger charge is 2.29. The molecular weight excluding hydrogens is 276 g/mol. The van der Waals surface area contributed by atoms with E-state index in [0.29, 0.717) is 17.1 Å². The zero-order valence-corrected chi connectivity index (χ0v) is 12.0. The second-order valence-electron chi connectivity index (χ2n) is 4.61. The SMILES string of the molecule is COc1ccc(OC)c(C(N)CN2C(=O)COCC2=O)c1. The zero-order valence-electron chi connectivity index (χ0n) is 12.0. The zero-order chi connectivity index (χ0) is 15.4. The first-order valence-electron chi connectivity index (χ1n) is 6.45. The van der Waals surface area contributed by atoms with E-state index in [1.165, 1.54) is 7.11 Å². The number of nitrogens with zero attached hydrogens (tertiary/aromatic N) is 1. The third-order valence-corrected chi connectivity index (χ3v) is 3.27. The number of carbonyl (C=O) groups is 2. The monoisotopic (exact) mass is 294 g/mol. The Hall–Kier alpha value is -2.12. The van der Waals surface area contributed by atoms with E-state index in [0.717, 1.165) is 4.90 Å². The Labute approximate surface area is 122 Å². The lowest BCUT2D eigenvalue weighted by atomic mass is 10.0. The molecule has 0 bridgehead atoms. The number of imide groups is 1. The standard InChI is InChI=1S/C14H18N2O5/c1-19-9-3-4-12(20-2)10(5-9)11(15)6-16-13(17)7-21-8-14(16)18/h3-5,11H,6-8,15H2,1-2H3. The maximum atomic E-state index is 11.7. The van der Waals surface area contributed by atoms with Gasteiger partial charge in [0.15, 0.2) is 0 Å². The van der Waals surface area contributed by atoms with Crippen molar-refractivity contribution < 1.29 is 23.8 Å². The second kappa shape index (κ2) is 6.55. The summed E-state index contributed by atoms with van der Waals surface area (Å²) in [7, 11) is 3.08. The molecule has 1 atom stereocenters. The Morgan fingerprint density at radius 2 is 1.90 bits per heavy atom. The lowest BCUT2D eigenvalue weighted by Gasteiger charge is -2.28. The summed E-state index contributed by atoms with van der Waals surface area (Å²) in [6.07, 6.45) is 0. The van der Waals surface area contributed by atoms with E-state index in [2.05, 4.69) is 0 Å². The van der Waals surface area contributed by atoms with Gasteiger partial charge in [0.1, 0.15) is 24.7 Å². The highest BCUT2D eigenvalue weighted by Crippen LogP contribution is 2.29. The van der Waals surface area contributed by atoms with E-state index >= 15 is 0 Å². The van der Waals surface area contributed by atoms with Gasteiger partial charge in [0.05, 0.1) is 20.3 Å². The van der Waals surface area contributed by atoms with Crippen molar-refractivity contribution in [3.63, 3.8) is 0 Å². The Morgan fingerprint density at radius 1 is 1.24 bits per heavy atom. The van der Waals surface area contributed by atoms with Crippen LogP contribution in [0.3, 0.4) is 0 Å². The Morgan fingerprint density at radius 3 is 2.48 bits per heavy atom. The lowest BCUT2D eigenvalue weighted by Crippen LogP contribution is -2.48. The molecule has 0 aliphatic carbocycles. The summed E-state index contributed by atoms with van der Waals surface area (Å²) in [4.78, 5) is 24.6. The van der Waals surface area contributed by atoms with Crippen molar-refractivity contribution in [3.8, 4) is 11.5 Å². The van der Waals surface area contributed by atoms with Crippen LogP contribution >= 0.6 is 0 Å². The molecule has 0 radical (unpaired) electrons. The van der Waals surface area contributed by atoms with Crippen LogP contribution in [0.2, 0.25) is 0 Å². The van der Waals surface area contributed by atoms with Gasteiger partial charge in [-0.3, -0.25) is 14.5 Å². The highest BCUT2D eigenvalue weighted by molar-refractivity contribution is 5.98. The molecule has 1 aromatic carbocycles. The number of methoxy groups -OCH3 is 2. The van der Waals surface area contributed by atoms with Gasteiger partial charge < -0.3 is 19.9 Å². The summed E-state index contributed by atoms with van der Waals surface area (Å²) in [5.41, 5.74) is 6.80. The minimum absolute atomic E-state index is 0.0740. The fraction of sp³-hybridized carbons (Fsp3) is 0.429. The van der Waals surface area contributed by atoms with Gasteiger partial charge in [-0.2, -0.15) is 0 Å². The minimum atomic E-state index is -0.568. The van der Waals surface area contributed by atoms with Crippen LogP contribution in [0.4, 0.5) is 0 Å². The molecule has 2 rings (SSSR count). The molecule has 1 aromatic rings. The van der Waals surface area contributed by atoms with E-state index in [-0.39, 0.29) is 31.6 Å². The van der Waals surface area contributed by atoms with Crippen molar-refractivity contribution in [2.24, 2.45) is 5.73 Å². The first-order valence-corrected chi connectivity index (χ1v) is 6.45. The molecule has 1 unspecified atom stereocenters. The van der Waals surface area contributed by atoms with Crippen LogP contribution in [-0.2, 0) is 14.3 Å². The van der Waals surface area contributed by atoms with Gasteiger partial charge in [-0.05, 0) is 18.2 Å². The molecule has 1 heterocycles. The number of rotatable bonds is 5. The number of ether oxygens (including phenoxy) is 3. The molecule has 7 heteroatoms. The molecule has 7 nitrogen and oxygen atoms in total. The summed E-state index contributed by atoms with van der Waals surface area (Å²) in [5.74, 6) is 0.435. The number of carbonyl (C=O) groups excluding carboxylic acids is 2. The van der Waals surface area contributed by atoms with Gasteiger partial charge in [0.25, 0.3) is 11.8 Å². The van der Waals surface area contributed by atoms with Crippen LogP contribution in [0.25, 0.3) is 0 Å². The number of nitrogens with two attached hydrogens (primary N) is 1. The molecule has 0 spiro atoms. The van der Waals surface area contributed by atoms with Gasteiger partial charge in [-0.15, -0.1) is 0 Å². The second-order valence-corrected chi connectivity index (χ2v) is 4.61. The van der Waals surface area contributed by atoms with Crippen molar-refractivity contribution in [1.29, 1.82) is 0 Å². The number of morpholine rings is 1. The molecule has 2 amide bonds. The first-order chi connectivity index (χ1) is 10.1. The summed E-state index contributed by atoms with van der Waals surface area (Å²) in [6, 6.07) is 4.65. The van der Waals surface area contributed by atoms with Gasteiger partial charge in [0, 0.05) is 12.1 Å². The maximum Gasteiger partial charge on any atom is 0.255 e. The number of amides is 2. The number of hydrogen-bond donors (Lipinski definition) is 1. The molecule has 114 valence electrons. The molecular formula is C14H18N2O5.